The summed E-state index contributed by atoms with van der Waals surface area (Å²) in [5.41, 5.74) is 4.23. The number of benzene rings is 1. The summed E-state index contributed by atoms with van der Waals surface area (Å²) in [6.45, 7) is 1.20. The fourth-order valence-corrected chi connectivity index (χ4v) is 2.63. The molecule has 0 aromatic heterocycles. The van der Waals surface area contributed by atoms with Gasteiger partial charge in [0.1, 0.15) is 12.4 Å². The normalized spacial score (nSPS) is 16.6. The maximum atomic E-state index is 12.8. The summed E-state index contributed by atoms with van der Waals surface area (Å²) in [6, 6.07) is 4.98. The third-order valence-electron chi connectivity index (χ3n) is 4.16. The molecule has 0 radical (unpaired) electrons. The van der Waals surface area contributed by atoms with Gasteiger partial charge < -0.3 is 20.5 Å². The fraction of sp³-hybridized carbons (Fsp3) is 0.562. The van der Waals surface area contributed by atoms with Crippen LogP contribution in [0.25, 0.3) is 0 Å². The molecule has 1 amide bonds. The van der Waals surface area contributed by atoms with E-state index in [0.717, 1.165) is 6.07 Å². The Kier molecular flexibility index (Phi) is 7.98. The van der Waals surface area contributed by atoms with Crippen molar-refractivity contribution < 1.29 is 27.4 Å². The zero-order valence-corrected chi connectivity index (χ0v) is 14.4. The van der Waals surface area contributed by atoms with E-state index in [2.05, 4.69) is 5.32 Å². The first-order valence-corrected chi connectivity index (χ1v) is 7.74. The van der Waals surface area contributed by atoms with Crippen molar-refractivity contribution in [3.05, 3.63) is 29.8 Å². The number of hydrogen-bond donors (Lipinski definition) is 2. The van der Waals surface area contributed by atoms with Gasteiger partial charge in [0.25, 0.3) is 0 Å². The van der Waals surface area contributed by atoms with Crippen molar-refractivity contribution in [2.75, 3.05) is 32.9 Å². The van der Waals surface area contributed by atoms with E-state index in [1.807, 2.05) is 0 Å². The number of nitrogens with two attached hydrogens (primary N) is 1. The van der Waals surface area contributed by atoms with Crippen molar-refractivity contribution in [2.45, 2.75) is 19.0 Å². The highest BCUT2D eigenvalue weighted by Gasteiger charge is 2.38. The lowest BCUT2D eigenvalue weighted by atomic mass is 9.79. The van der Waals surface area contributed by atoms with Crippen LogP contribution in [-0.2, 0) is 15.7 Å². The second-order valence-electron chi connectivity index (χ2n) is 5.70. The summed E-state index contributed by atoms with van der Waals surface area (Å²) < 4.78 is 49.0. The molecular weight excluding hydrogens is 361 g/mol. The number of halogens is 4. The SMILES string of the molecule is Cl.NCC1(C(=O)NCCOc2ccccc2C(F)(F)F)CCOCC1. The summed E-state index contributed by atoms with van der Waals surface area (Å²) in [7, 11) is 0. The van der Waals surface area contributed by atoms with Crippen molar-refractivity contribution in [3.8, 4) is 5.75 Å². The third kappa shape index (κ3) is 5.49. The molecule has 25 heavy (non-hydrogen) atoms. The minimum absolute atomic E-state index is 0. The Bertz CT molecular complexity index is 564. The smallest absolute Gasteiger partial charge is 0.419 e. The first kappa shape index (κ1) is 21.5. The second-order valence-corrected chi connectivity index (χ2v) is 5.70. The van der Waals surface area contributed by atoms with Gasteiger partial charge in [0.05, 0.1) is 17.5 Å². The van der Waals surface area contributed by atoms with Crippen LogP contribution in [0.15, 0.2) is 24.3 Å². The molecule has 1 fully saturated rings. The zero-order chi connectivity index (χ0) is 17.6. The molecule has 1 heterocycles. The topological polar surface area (TPSA) is 73.6 Å². The number of amides is 1. The Hall–Kier alpha value is -1.51. The van der Waals surface area contributed by atoms with Crippen molar-refractivity contribution in [1.82, 2.24) is 5.32 Å². The molecule has 0 saturated carbocycles. The Balaban J connectivity index is 0.00000312. The van der Waals surface area contributed by atoms with E-state index in [0.29, 0.717) is 26.1 Å². The second kappa shape index (κ2) is 9.26. The van der Waals surface area contributed by atoms with Crippen LogP contribution in [0.3, 0.4) is 0 Å². The van der Waals surface area contributed by atoms with Crippen LogP contribution in [0.4, 0.5) is 13.2 Å². The van der Waals surface area contributed by atoms with E-state index in [-0.39, 0.29) is 43.8 Å². The van der Waals surface area contributed by atoms with Gasteiger partial charge in [0.2, 0.25) is 5.91 Å². The van der Waals surface area contributed by atoms with Crippen LogP contribution < -0.4 is 15.8 Å². The van der Waals surface area contributed by atoms with Gasteiger partial charge in [-0.05, 0) is 25.0 Å². The molecule has 1 aliphatic heterocycles. The van der Waals surface area contributed by atoms with E-state index >= 15 is 0 Å². The van der Waals surface area contributed by atoms with Crippen LogP contribution >= 0.6 is 12.4 Å². The van der Waals surface area contributed by atoms with Crippen molar-refractivity contribution in [2.24, 2.45) is 11.1 Å². The zero-order valence-electron chi connectivity index (χ0n) is 13.6. The average Bonchev–Trinajstić information content (AvgIpc) is 2.58. The minimum Gasteiger partial charge on any atom is -0.491 e. The molecule has 1 aliphatic rings. The van der Waals surface area contributed by atoms with Gasteiger partial charge in [0.15, 0.2) is 0 Å². The first-order chi connectivity index (χ1) is 11.4. The number of carbonyl (C=O) groups is 1. The average molecular weight is 383 g/mol. The Morgan fingerprint density at radius 2 is 1.92 bits per heavy atom. The lowest BCUT2D eigenvalue weighted by molar-refractivity contribution is -0.139. The minimum atomic E-state index is -4.48. The van der Waals surface area contributed by atoms with Gasteiger partial charge in [-0.2, -0.15) is 13.2 Å². The van der Waals surface area contributed by atoms with Gasteiger partial charge >= 0.3 is 6.18 Å². The summed E-state index contributed by atoms with van der Waals surface area (Å²) in [6.07, 6.45) is -3.41. The lowest BCUT2D eigenvalue weighted by Gasteiger charge is -2.34. The molecular formula is C16H22ClF3N2O3. The monoisotopic (exact) mass is 382 g/mol. The van der Waals surface area contributed by atoms with Gasteiger partial charge in [-0.3, -0.25) is 4.79 Å². The Morgan fingerprint density at radius 1 is 1.28 bits per heavy atom. The largest absolute Gasteiger partial charge is 0.491 e. The molecule has 0 aliphatic carbocycles. The molecule has 3 N–H and O–H groups in total. The highest BCUT2D eigenvalue weighted by atomic mass is 35.5. The molecule has 1 aromatic rings. The van der Waals surface area contributed by atoms with Crippen molar-refractivity contribution in [3.63, 3.8) is 0 Å². The summed E-state index contributed by atoms with van der Waals surface area (Å²) in [5.74, 6) is -0.458. The summed E-state index contributed by atoms with van der Waals surface area (Å²) >= 11 is 0. The summed E-state index contributed by atoms with van der Waals surface area (Å²) in [5, 5.41) is 2.69. The number of carbonyl (C=O) groups excluding carboxylic acids is 1. The highest BCUT2D eigenvalue weighted by Crippen LogP contribution is 2.35. The van der Waals surface area contributed by atoms with Crippen molar-refractivity contribution in [1.29, 1.82) is 0 Å². The predicted molar refractivity (Wildman–Crippen MR) is 88.7 cm³/mol. The molecule has 1 saturated heterocycles. The maximum absolute atomic E-state index is 12.8. The molecule has 0 bridgehead atoms. The number of rotatable bonds is 6. The molecule has 142 valence electrons. The predicted octanol–water partition coefficient (Wildman–Crippen LogP) is 2.38. The van der Waals surface area contributed by atoms with Crippen molar-refractivity contribution >= 4 is 18.3 Å². The van der Waals surface area contributed by atoms with Crippen LogP contribution in [-0.4, -0.2) is 38.8 Å². The molecule has 1 aromatic carbocycles. The van der Waals surface area contributed by atoms with Crippen LogP contribution in [0, 0.1) is 5.41 Å². The van der Waals surface area contributed by atoms with Crippen LogP contribution in [0.1, 0.15) is 18.4 Å². The quantitative estimate of drug-likeness (QED) is 0.741. The van der Waals surface area contributed by atoms with Crippen LogP contribution in [0.2, 0.25) is 0 Å². The number of ether oxygens (including phenoxy) is 2. The van der Waals surface area contributed by atoms with Crippen LogP contribution in [0.5, 0.6) is 5.75 Å². The number of nitrogens with one attached hydrogen (secondary N) is 1. The highest BCUT2D eigenvalue weighted by molar-refractivity contribution is 5.85. The summed E-state index contributed by atoms with van der Waals surface area (Å²) in [4.78, 5) is 12.3. The standard InChI is InChI=1S/C16H21F3N2O3.ClH/c17-16(18,19)12-3-1-2-4-13(12)24-10-7-21-14(22)15(11-20)5-8-23-9-6-15;/h1-4H,5-11,20H2,(H,21,22);1H. The third-order valence-corrected chi connectivity index (χ3v) is 4.16. The van der Waals surface area contributed by atoms with E-state index in [1.54, 1.807) is 0 Å². The number of para-hydroxylation sites is 1. The Morgan fingerprint density at radius 3 is 2.52 bits per heavy atom. The molecule has 2 rings (SSSR count). The lowest BCUT2D eigenvalue weighted by Crippen LogP contribution is -2.49. The number of alkyl halides is 3. The molecule has 0 unspecified atom stereocenters. The number of hydrogen-bond acceptors (Lipinski definition) is 4. The fourth-order valence-electron chi connectivity index (χ4n) is 2.63. The van der Waals surface area contributed by atoms with E-state index < -0.39 is 17.2 Å². The van der Waals surface area contributed by atoms with Gasteiger partial charge in [0, 0.05) is 19.8 Å². The molecule has 0 atom stereocenters. The molecule has 5 nitrogen and oxygen atoms in total. The van der Waals surface area contributed by atoms with Gasteiger partial charge in [-0.1, -0.05) is 12.1 Å². The van der Waals surface area contributed by atoms with E-state index in [9.17, 15) is 18.0 Å². The van der Waals surface area contributed by atoms with E-state index in [4.69, 9.17) is 15.2 Å². The van der Waals surface area contributed by atoms with Gasteiger partial charge in [-0.25, -0.2) is 0 Å². The van der Waals surface area contributed by atoms with Gasteiger partial charge in [-0.15, -0.1) is 12.4 Å². The maximum Gasteiger partial charge on any atom is 0.419 e. The molecule has 0 spiro atoms. The molecule has 9 heteroatoms. The Labute approximate surface area is 150 Å². The first-order valence-electron chi connectivity index (χ1n) is 7.74. The van der Waals surface area contributed by atoms with E-state index in [1.165, 1.54) is 18.2 Å².